The molecule has 2 aliphatic carbocycles. The fourth-order valence-electron chi connectivity index (χ4n) is 10.9. The van der Waals surface area contributed by atoms with Crippen molar-refractivity contribution in [2.45, 2.75) is 118 Å². The zero-order valence-corrected chi connectivity index (χ0v) is 36.7. The maximum atomic E-state index is 16.0. The molecule has 10 rings (SSSR count). The van der Waals surface area contributed by atoms with E-state index < -0.39 is 39.8 Å². The standard InChI is InChI=1S/C45H55FN10O6S/c1-26-24-53(17-12-33(26)29-10-11-34-38(21-29)52(3)51-40(34)55-19-14-39(58)49-44(55)60)27(2)28-6-4-9-32(20-28)63(61,62)54-18-13-37(36(46)25-54)48-43-47-23-35-41(50-43)56(42(59)45(35)15-16-45)30-7-5-8-31(57)22-30/h4,6,9-11,20-21,23,26-27,30-31,33,36-37,57H,5,7-8,12-19,22,24-25H2,1-3H3,(H,47,48,50)(H,49,58,60)/t26?,27?,30-,31?,33?,36-,37?/m1/s1. The van der Waals surface area contributed by atoms with Crippen molar-refractivity contribution < 1.29 is 32.3 Å². The fraction of sp³-hybridized carbons (Fsp3) is 0.556. The summed E-state index contributed by atoms with van der Waals surface area (Å²) in [6.45, 7) is 6.03. The normalized spacial score (nSPS) is 28.4. The topological polar surface area (TPSA) is 186 Å². The number of likely N-dealkylation sites (tertiary alicyclic amines) is 1. The molecule has 16 nitrogen and oxygen atoms in total. The second-order valence-electron chi connectivity index (χ2n) is 18.7. The first-order valence-electron chi connectivity index (χ1n) is 22.4. The Labute approximate surface area is 366 Å². The van der Waals surface area contributed by atoms with Gasteiger partial charge >= 0.3 is 6.03 Å². The lowest BCUT2D eigenvalue weighted by molar-refractivity contribution is -0.121. The molecule has 6 aliphatic rings. The monoisotopic (exact) mass is 882 g/mol. The minimum Gasteiger partial charge on any atom is -0.393 e. The molecule has 7 atom stereocenters. The number of nitrogens with one attached hydrogen (secondary N) is 2. The molecule has 2 saturated carbocycles. The van der Waals surface area contributed by atoms with Crippen LogP contribution in [0.4, 0.5) is 26.8 Å². The molecule has 2 aromatic carbocycles. The first-order valence-corrected chi connectivity index (χ1v) is 23.9. The lowest BCUT2D eigenvalue weighted by Gasteiger charge is -2.40. The number of fused-ring (bicyclic) bond motifs is 3. The first kappa shape index (κ1) is 41.9. The highest BCUT2D eigenvalue weighted by molar-refractivity contribution is 7.89. The van der Waals surface area contributed by atoms with Crippen LogP contribution in [-0.4, -0.2) is 117 Å². The minimum absolute atomic E-state index is 0.0159. The van der Waals surface area contributed by atoms with Crippen molar-refractivity contribution in [3.63, 3.8) is 0 Å². The van der Waals surface area contributed by atoms with Gasteiger partial charge in [0, 0.05) is 68.9 Å². The number of hydrogen-bond acceptors (Lipinski definition) is 11. The Morgan fingerprint density at radius 1 is 1.00 bits per heavy atom. The minimum atomic E-state index is -4.01. The van der Waals surface area contributed by atoms with Crippen molar-refractivity contribution in [3.8, 4) is 0 Å². The van der Waals surface area contributed by atoms with E-state index >= 15 is 4.39 Å². The molecular formula is C45H55FN10O6S. The van der Waals surface area contributed by atoms with Crippen LogP contribution in [0.15, 0.2) is 53.6 Å². The van der Waals surface area contributed by atoms with E-state index in [1.54, 1.807) is 34.0 Å². The summed E-state index contributed by atoms with van der Waals surface area (Å²) in [5, 5.41) is 21.4. The molecule has 4 amide bonds. The van der Waals surface area contributed by atoms with Crippen LogP contribution >= 0.6 is 0 Å². The van der Waals surface area contributed by atoms with Crippen molar-refractivity contribution in [2.24, 2.45) is 13.0 Å². The van der Waals surface area contributed by atoms with E-state index in [2.05, 4.69) is 51.6 Å². The van der Waals surface area contributed by atoms with Gasteiger partial charge in [-0.3, -0.25) is 34.3 Å². The van der Waals surface area contributed by atoms with Crippen LogP contribution in [0.25, 0.3) is 10.9 Å². The number of piperidine rings is 2. The van der Waals surface area contributed by atoms with Crippen LogP contribution in [0.3, 0.4) is 0 Å². The summed E-state index contributed by atoms with van der Waals surface area (Å²) < 4.78 is 47.2. The lowest BCUT2D eigenvalue weighted by Crippen LogP contribution is -2.50. The summed E-state index contributed by atoms with van der Waals surface area (Å²) in [4.78, 5) is 53.1. The van der Waals surface area contributed by atoms with Crippen LogP contribution in [-0.2, 0) is 32.1 Å². The summed E-state index contributed by atoms with van der Waals surface area (Å²) in [5.41, 5.74) is 3.19. The molecule has 334 valence electrons. The maximum absolute atomic E-state index is 16.0. The van der Waals surface area contributed by atoms with Crippen LogP contribution in [0.5, 0.6) is 0 Å². The Kier molecular flexibility index (Phi) is 10.6. The lowest BCUT2D eigenvalue weighted by atomic mass is 9.80. The number of sulfonamides is 1. The number of nitrogens with zero attached hydrogens (tertiary/aromatic N) is 8. The highest BCUT2D eigenvalue weighted by Gasteiger charge is 2.61. The third-order valence-corrected chi connectivity index (χ3v) is 16.6. The molecular weight excluding hydrogens is 828 g/mol. The van der Waals surface area contributed by atoms with Crippen LogP contribution < -0.4 is 20.4 Å². The van der Waals surface area contributed by atoms with Crippen LogP contribution in [0.2, 0.25) is 0 Å². The maximum Gasteiger partial charge on any atom is 0.329 e. The highest BCUT2D eigenvalue weighted by atomic mass is 32.2. The molecule has 1 spiro atoms. The molecule has 6 heterocycles. The van der Waals surface area contributed by atoms with Crippen molar-refractivity contribution >= 4 is 56.4 Å². The van der Waals surface area contributed by atoms with Crippen molar-refractivity contribution in [1.82, 2.24) is 34.3 Å². The molecule has 5 fully saturated rings. The number of carbonyl (C=O) groups excluding carboxylic acids is 3. The predicted octanol–water partition coefficient (Wildman–Crippen LogP) is 4.89. The van der Waals surface area contributed by atoms with Gasteiger partial charge < -0.3 is 10.4 Å². The molecule has 4 aliphatic heterocycles. The Morgan fingerprint density at radius 3 is 2.57 bits per heavy atom. The van der Waals surface area contributed by atoms with E-state index in [0.717, 1.165) is 73.6 Å². The number of alkyl halides is 1. The number of rotatable bonds is 9. The number of carbonyl (C=O) groups is 3. The zero-order chi connectivity index (χ0) is 43.9. The molecule has 0 bridgehead atoms. The third kappa shape index (κ3) is 7.35. The Morgan fingerprint density at radius 2 is 1.83 bits per heavy atom. The summed E-state index contributed by atoms with van der Waals surface area (Å²) in [6.07, 6.45) is 5.33. The summed E-state index contributed by atoms with van der Waals surface area (Å²) in [5.74, 6) is 1.58. The number of aliphatic hydroxyl groups is 1. The van der Waals surface area contributed by atoms with Gasteiger partial charge in [-0.25, -0.2) is 22.6 Å². The van der Waals surface area contributed by atoms with Gasteiger partial charge in [0.1, 0.15) is 12.0 Å². The number of aryl methyl sites for hydroxylation is 1. The van der Waals surface area contributed by atoms with Gasteiger partial charge in [-0.05, 0) is 112 Å². The second-order valence-corrected chi connectivity index (χ2v) is 20.6. The van der Waals surface area contributed by atoms with E-state index in [4.69, 9.17) is 4.98 Å². The Bertz CT molecular complexity index is 2600. The van der Waals surface area contributed by atoms with Gasteiger partial charge in [-0.15, -0.1) is 0 Å². The predicted molar refractivity (Wildman–Crippen MR) is 234 cm³/mol. The smallest absolute Gasteiger partial charge is 0.329 e. The highest BCUT2D eigenvalue weighted by Crippen LogP contribution is 2.58. The molecule has 5 unspecified atom stereocenters. The van der Waals surface area contributed by atoms with Crippen molar-refractivity contribution in [1.29, 1.82) is 0 Å². The number of amides is 4. The molecule has 3 saturated heterocycles. The first-order chi connectivity index (χ1) is 30.2. The average Bonchev–Trinajstić information content (AvgIpc) is 3.96. The Hall–Kier alpha value is -5.04. The van der Waals surface area contributed by atoms with Gasteiger partial charge in [-0.2, -0.15) is 14.4 Å². The quantitative estimate of drug-likeness (QED) is 0.208. The number of urea groups is 1. The molecule has 3 N–H and O–H groups in total. The Balaban J connectivity index is 0.778. The van der Waals surface area contributed by atoms with E-state index in [1.807, 2.05) is 19.2 Å². The fourth-order valence-corrected chi connectivity index (χ4v) is 12.4. The van der Waals surface area contributed by atoms with Gasteiger partial charge in [0.25, 0.3) is 0 Å². The van der Waals surface area contributed by atoms with Gasteiger partial charge in [-0.1, -0.05) is 25.1 Å². The number of aromatic nitrogens is 4. The second kappa shape index (κ2) is 15.9. The number of aliphatic hydroxyl groups excluding tert-OH is 1. The van der Waals surface area contributed by atoms with E-state index in [9.17, 15) is 27.9 Å². The van der Waals surface area contributed by atoms with Gasteiger partial charge in [0.15, 0.2) is 5.82 Å². The SMILES string of the molecule is CC1CN(C(C)c2cccc(S(=O)(=O)N3CCC(Nc4ncc5c(n4)N([C@@H]4CCCC(O)C4)C(=O)C54CC4)[C@H](F)C3)c2)CCC1c1ccc2c(N3CCC(=O)NC3=O)nn(C)c2c1. The number of halogens is 1. The van der Waals surface area contributed by atoms with E-state index in [-0.39, 0.29) is 79.1 Å². The van der Waals surface area contributed by atoms with Crippen molar-refractivity contribution in [3.05, 3.63) is 65.4 Å². The molecule has 4 aromatic rings. The third-order valence-electron chi connectivity index (χ3n) is 14.7. The van der Waals surface area contributed by atoms with Gasteiger partial charge in [0.05, 0.1) is 28.0 Å². The van der Waals surface area contributed by atoms with Gasteiger partial charge in [0.2, 0.25) is 27.8 Å². The number of imide groups is 1. The molecule has 0 radical (unpaired) electrons. The zero-order valence-electron chi connectivity index (χ0n) is 35.9. The summed E-state index contributed by atoms with van der Waals surface area (Å²) in [7, 11) is -2.15. The molecule has 18 heteroatoms. The number of hydrogen-bond donors (Lipinski definition) is 3. The number of anilines is 3. The molecule has 2 aromatic heterocycles. The van der Waals surface area contributed by atoms with Crippen LogP contribution in [0.1, 0.15) is 100 Å². The largest absolute Gasteiger partial charge is 0.393 e. The van der Waals surface area contributed by atoms with E-state index in [1.165, 1.54) is 14.8 Å². The van der Waals surface area contributed by atoms with Crippen molar-refractivity contribution in [2.75, 3.05) is 47.8 Å². The van der Waals surface area contributed by atoms with Crippen LogP contribution in [0, 0.1) is 5.92 Å². The average molecular weight is 883 g/mol. The molecule has 63 heavy (non-hydrogen) atoms. The summed E-state index contributed by atoms with van der Waals surface area (Å²) in [6, 6.07) is 11.9. The number of benzene rings is 2. The van der Waals surface area contributed by atoms with E-state index in [0.29, 0.717) is 18.1 Å². The summed E-state index contributed by atoms with van der Waals surface area (Å²) >= 11 is 0.